The van der Waals surface area contributed by atoms with Crippen molar-refractivity contribution in [3.8, 4) is 5.88 Å². The minimum absolute atomic E-state index is 0.0956. The van der Waals surface area contributed by atoms with E-state index in [1.54, 1.807) is 20.8 Å². The van der Waals surface area contributed by atoms with Gasteiger partial charge in [0.1, 0.15) is 41.3 Å². The molecule has 14 nitrogen and oxygen atoms in total. The molecule has 6 aliphatic rings. The number of alkyl carbamates (subject to hydrolysis) is 1. The zero-order valence-corrected chi connectivity index (χ0v) is 33.7. The zero-order chi connectivity index (χ0) is 41.3. The van der Waals surface area contributed by atoms with Crippen molar-refractivity contribution < 1.29 is 50.2 Å². The van der Waals surface area contributed by atoms with Crippen molar-refractivity contribution in [2.45, 2.75) is 139 Å². The van der Waals surface area contributed by atoms with E-state index in [2.05, 4.69) is 15.6 Å². The van der Waals surface area contributed by atoms with Gasteiger partial charge in [-0.3, -0.25) is 19.1 Å². The van der Waals surface area contributed by atoms with Gasteiger partial charge in [0.05, 0.1) is 28.7 Å². The summed E-state index contributed by atoms with van der Waals surface area (Å²) in [5.74, 6) is -3.80. The van der Waals surface area contributed by atoms with E-state index >= 15 is 0 Å². The van der Waals surface area contributed by atoms with E-state index in [0.29, 0.717) is 42.3 Å². The van der Waals surface area contributed by atoms with Crippen LogP contribution < -0.4 is 20.1 Å². The quantitative estimate of drug-likeness (QED) is 0.374. The summed E-state index contributed by atoms with van der Waals surface area (Å²) in [6.45, 7) is 5.01. The number of hydrogen-bond donors (Lipinski definition) is 3. The minimum Gasteiger partial charge on any atom is -0.471 e. The first-order valence-electron chi connectivity index (χ1n) is 20.5. The van der Waals surface area contributed by atoms with Gasteiger partial charge < -0.3 is 25.0 Å². The Morgan fingerprint density at radius 1 is 0.983 bits per heavy atom. The van der Waals surface area contributed by atoms with Crippen LogP contribution in [0.5, 0.6) is 5.88 Å². The Balaban J connectivity index is 1.12. The van der Waals surface area contributed by atoms with Gasteiger partial charge in [0.25, 0.3) is 5.91 Å². The van der Waals surface area contributed by atoms with Crippen molar-refractivity contribution in [1.82, 2.24) is 30.2 Å². The van der Waals surface area contributed by atoms with Gasteiger partial charge in [-0.1, -0.05) is 40.0 Å². The Morgan fingerprint density at radius 2 is 1.74 bits per heavy atom. The maximum absolute atomic E-state index is 14.7. The van der Waals surface area contributed by atoms with E-state index in [-0.39, 0.29) is 36.4 Å². The fraction of sp³-hybridized carbons (Fsp3) is 0.700. The average Bonchev–Trinajstić information content (AvgIpc) is 4.08. The number of alkyl halides is 2. The first-order valence-corrected chi connectivity index (χ1v) is 22.0. The van der Waals surface area contributed by atoms with E-state index < -0.39 is 92.8 Å². The molecule has 3 N–H and O–H groups in total. The second-order valence-corrected chi connectivity index (χ2v) is 20.2. The van der Waals surface area contributed by atoms with Crippen LogP contribution in [0.3, 0.4) is 0 Å². The number of aryl methyl sites for hydroxylation is 1. The van der Waals surface area contributed by atoms with Gasteiger partial charge in [0.2, 0.25) is 34.1 Å². The number of carbonyl (C=O) groups is 4. The third-order valence-electron chi connectivity index (χ3n) is 12.9. The first kappa shape index (κ1) is 40.6. The molecule has 5 fully saturated rings. The Bertz CT molecular complexity index is 2100. The lowest BCUT2D eigenvalue weighted by molar-refractivity contribution is -0.143. The van der Waals surface area contributed by atoms with Crippen molar-refractivity contribution in [1.29, 1.82) is 0 Å². The summed E-state index contributed by atoms with van der Waals surface area (Å²) in [6, 6.07) is 1.42. The van der Waals surface area contributed by atoms with E-state index in [4.69, 9.17) is 14.5 Å². The van der Waals surface area contributed by atoms with Crippen LogP contribution in [0.15, 0.2) is 18.2 Å². The number of amides is 4. The van der Waals surface area contributed by atoms with Gasteiger partial charge in [-0.25, -0.2) is 36.4 Å². The maximum atomic E-state index is 14.7. The largest absolute Gasteiger partial charge is 0.471 e. The zero-order valence-electron chi connectivity index (χ0n) is 32.8. The molecule has 1 unspecified atom stereocenters. The second kappa shape index (κ2) is 15.1. The number of benzene rings is 1. The van der Waals surface area contributed by atoms with Crippen molar-refractivity contribution in [3.05, 3.63) is 29.7 Å². The maximum Gasteiger partial charge on any atom is 0.408 e. The summed E-state index contributed by atoms with van der Waals surface area (Å²) in [5.41, 5.74) is -1.95. The van der Waals surface area contributed by atoms with Crippen LogP contribution in [0.2, 0.25) is 0 Å². The predicted octanol–water partition coefficient (Wildman–Crippen LogP) is 4.54. The van der Waals surface area contributed by atoms with Gasteiger partial charge in [-0.2, -0.15) is 0 Å². The standard InChI is InChI=1S/C40H51F3N6O8S/c1-39(2,3)32-36(51)49-19-22(17-30(49)34(50)47-40(18-26(40)33(42)43)37(52)48-58(54,55)23-11-12-23)56-35-28(44-27-13-10-21(41)16-29(27)45-35)9-7-5-4-6-8-24-25-14-20(25)15-31(24)57-38(53)46-32/h10,13,16,20,22-26,30-33H,4-9,11-12,14-15,17-19H2,1-3H3,(H,46,53)(H,47,50)(H,48,52)/t20?,22-,24-,25+,26+,30+,31-,32-,40-/m1/s1. The summed E-state index contributed by atoms with van der Waals surface area (Å²) >= 11 is 0. The van der Waals surface area contributed by atoms with E-state index in [9.17, 15) is 40.8 Å². The highest BCUT2D eigenvalue weighted by molar-refractivity contribution is 7.91. The number of rotatable bonds is 6. The summed E-state index contributed by atoms with van der Waals surface area (Å²) in [5, 5.41) is 4.38. The molecule has 0 radical (unpaired) electrons. The number of carbonyl (C=O) groups excluding carboxylic acids is 4. The highest BCUT2D eigenvalue weighted by Crippen LogP contribution is 2.58. The van der Waals surface area contributed by atoms with Gasteiger partial charge in [0, 0.05) is 12.5 Å². The highest BCUT2D eigenvalue weighted by Gasteiger charge is 2.67. The number of halogens is 3. The lowest BCUT2D eigenvalue weighted by Crippen LogP contribution is -2.60. The molecule has 2 bridgehead atoms. The Kier molecular flexibility index (Phi) is 10.6. The number of nitrogens with zero attached hydrogens (tertiary/aromatic N) is 3. The highest BCUT2D eigenvalue weighted by atomic mass is 32.2. The molecule has 4 aliphatic carbocycles. The molecule has 2 aromatic rings. The number of aromatic nitrogens is 2. The number of ether oxygens (including phenoxy) is 2. The molecule has 4 saturated carbocycles. The summed E-state index contributed by atoms with van der Waals surface area (Å²) in [7, 11) is -4.15. The van der Waals surface area contributed by atoms with Crippen molar-refractivity contribution >= 4 is 44.9 Å². The number of hydrogen-bond acceptors (Lipinski definition) is 10. The molecule has 1 saturated heterocycles. The second-order valence-electron chi connectivity index (χ2n) is 18.3. The van der Waals surface area contributed by atoms with Gasteiger partial charge >= 0.3 is 6.09 Å². The van der Waals surface area contributed by atoms with E-state index in [1.807, 2.05) is 4.72 Å². The lowest BCUT2D eigenvalue weighted by atomic mass is 9.85. The topological polar surface area (TPSA) is 186 Å². The summed E-state index contributed by atoms with van der Waals surface area (Å²) in [6.07, 6.45) is 1.68. The Morgan fingerprint density at radius 3 is 2.45 bits per heavy atom. The van der Waals surface area contributed by atoms with Crippen molar-refractivity contribution in [2.24, 2.45) is 29.1 Å². The van der Waals surface area contributed by atoms with Crippen molar-refractivity contribution in [2.75, 3.05) is 6.54 Å². The molecule has 3 heterocycles. The lowest BCUT2D eigenvalue weighted by Gasteiger charge is -2.36. The fourth-order valence-corrected chi connectivity index (χ4v) is 10.7. The van der Waals surface area contributed by atoms with Crippen LogP contribution in [0.25, 0.3) is 11.0 Å². The van der Waals surface area contributed by atoms with Crippen LogP contribution in [0.4, 0.5) is 18.0 Å². The summed E-state index contributed by atoms with van der Waals surface area (Å²) < 4.78 is 82.5. The van der Waals surface area contributed by atoms with Crippen molar-refractivity contribution in [3.63, 3.8) is 0 Å². The normalized spacial score (nSPS) is 33.0. The molecule has 8 rings (SSSR count). The number of nitrogens with one attached hydrogen (secondary N) is 3. The molecule has 0 spiro atoms. The van der Waals surface area contributed by atoms with Gasteiger partial charge in [-0.15, -0.1) is 0 Å². The Hall–Kier alpha value is -4.22. The van der Waals surface area contributed by atoms with Crippen LogP contribution in [-0.2, 0) is 35.6 Å². The molecule has 58 heavy (non-hydrogen) atoms. The first-order chi connectivity index (χ1) is 27.4. The third-order valence-corrected chi connectivity index (χ3v) is 14.8. The SMILES string of the molecule is CC(C)(C)[C@@H]1NC(=O)O[C@@H]2CC3C[C@@H]3[C@H]2CCCCCCc2nc3ccc(F)cc3nc2O[C@@H]2C[C@@H](C(=O)N[C@]3(C(=O)NS(=O)(=O)C4CC4)C[C@H]3C(F)F)N(C2)C1=O. The summed E-state index contributed by atoms with van der Waals surface area (Å²) in [4.78, 5) is 66.7. The third kappa shape index (κ3) is 8.18. The predicted molar refractivity (Wildman–Crippen MR) is 202 cm³/mol. The minimum atomic E-state index is -4.15. The van der Waals surface area contributed by atoms with Crippen LogP contribution >= 0.6 is 0 Å². The monoisotopic (exact) mass is 832 g/mol. The molecular weight excluding hydrogens is 782 g/mol. The molecule has 1 aromatic heterocycles. The molecular formula is C40H51F3N6O8S. The fourth-order valence-electron chi connectivity index (χ4n) is 9.36. The smallest absolute Gasteiger partial charge is 0.408 e. The molecule has 18 heteroatoms. The number of fused-ring (bicyclic) bond motifs is 7. The van der Waals surface area contributed by atoms with Gasteiger partial charge in [-0.05, 0) is 86.7 Å². The van der Waals surface area contributed by atoms with Gasteiger partial charge in [0.15, 0.2) is 0 Å². The van der Waals surface area contributed by atoms with Crippen LogP contribution in [0.1, 0.15) is 97.1 Å². The average molecular weight is 833 g/mol. The molecule has 4 amide bonds. The van der Waals surface area contributed by atoms with E-state index in [1.165, 1.54) is 23.1 Å². The molecule has 1 aromatic carbocycles. The van der Waals surface area contributed by atoms with Crippen LogP contribution in [0, 0.1) is 34.9 Å². The Labute approximate surface area is 335 Å². The van der Waals surface area contributed by atoms with E-state index in [0.717, 1.165) is 44.9 Å². The molecule has 2 aliphatic heterocycles. The molecule has 316 valence electrons. The molecule has 9 atom stereocenters. The number of sulfonamides is 1. The van der Waals surface area contributed by atoms with Crippen LogP contribution in [-0.4, -0.2) is 95.2 Å².